The summed E-state index contributed by atoms with van der Waals surface area (Å²) < 4.78 is 0. The molecule has 0 saturated heterocycles. The first-order valence-corrected chi connectivity index (χ1v) is 10.00. The number of hydrogen-bond donors (Lipinski definition) is 1. The van der Waals surface area contributed by atoms with E-state index in [-0.39, 0.29) is 0 Å². The molecule has 0 aliphatic rings. The molecule has 144 valence electrons. The van der Waals surface area contributed by atoms with Gasteiger partial charge in [0.05, 0.1) is 6.54 Å². The summed E-state index contributed by atoms with van der Waals surface area (Å²) in [6.45, 7) is 5.47. The van der Waals surface area contributed by atoms with Crippen molar-refractivity contribution in [1.82, 2.24) is 10.2 Å². The lowest BCUT2D eigenvalue weighted by Crippen LogP contribution is -2.41. The largest absolute Gasteiger partial charge is 0.352 e. The van der Waals surface area contributed by atoms with E-state index in [2.05, 4.69) is 96.0 Å². The molecule has 0 saturated carbocycles. The van der Waals surface area contributed by atoms with Crippen LogP contribution in [0, 0.1) is 0 Å². The number of nitrogens with zero attached hydrogens (tertiary/aromatic N) is 2. The average Bonchev–Trinajstić information content (AvgIpc) is 2.76. The Morgan fingerprint density at radius 1 is 0.750 bits per heavy atom. The second-order valence-corrected chi connectivity index (χ2v) is 6.87. The van der Waals surface area contributed by atoms with Gasteiger partial charge in [-0.05, 0) is 23.1 Å². The van der Waals surface area contributed by atoms with E-state index < -0.39 is 0 Å². The van der Waals surface area contributed by atoms with Crippen LogP contribution in [0.5, 0.6) is 0 Å². The molecular weight excluding hydrogens is 342 g/mol. The molecule has 0 spiro atoms. The minimum absolute atomic E-state index is 0.674. The Hall–Kier alpha value is -3.07. The van der Waals surface area contributed by atoms with Gasteiger partial charge in [-0.2, -0.15) is 0 Å². The van der Waals surface area contributed by atoms with E-state index in [0.29, 0.717) is 6.54 Å². The van der Waals surface area contributed by atoms with E-state index in [1.54, 1.807) is 0 Å². The molecule has 0 aliphatic carbocycles. The zero-order valence-electron chi connectivity index (χ0n) is 16.6. The zero-order valence-corrected chi connectivity index (χ0v) is 16.6. The van der Waals surface area contributed by atoms with Gasteiger partial charge in [0.2, 0.25) is 0 Å². The van der Waals surface area contributed by atoms with Gasteiger partial charge in [0.15, 0.2) is 5.96 Å². The van der Waals surface area contributed by atoms with Crippen LogP contribution in [0.3, 0.4) is 0 Å². The Morgan fingerprint density at radius 3 is 1.86 bits per heavy atom. The summed E-state index contributed by atoms with van der Waals surface area (Å²) in [5.74, 6) is 0.957. The Bertz CT molecular complexity index is 829. The lowest BCUT2D eigenvalue weighted by atomic mass is 10.2. The molecule has 3 aromatic carbocycles. The zero-order chi connectivity index (χ0) is 19.4. The van der Waals surface area contributed by atoms with Crippen molar-refractivity contribution in [1.29, 1.82) is 0 Å². The number of rotatable bonds is 8. The van der Waals surface area contributed by atoms with Crippen LogP contribution in [-0.2, 0) is 19.6 Å². The summed E-state index contributed by atoms with van der Waals surface area (Å²) in [6, 6.07) is 31.5. The Labute approximate surface area is 168 Å². The molecule has 0 atom stereocenters. The van der Waals surface area contributed by atoms with E-state index in [1.807, 2.05) is 12.1 Å². The maximum atomic E-state index is 4.96. The second kappa shape index (κ2) is 10.9. The van der Waals surface area contributed by atoms with Crippen molar-refractivity contribution in [2.75, 3.05) is 6.54 Å². The number of guanidine groups is 1. The first kappa shape index (κ1) is 19.7. The van der Waals surface area contributed by atoms with Gasteiger partial charge in [-0.25, -0.2) is 4.99 Å². The van der Waals surface area contributed by atoms with E-state index in [9.17, 15) is 0 Å². The van der Waals surface area contributed by atoms with Crippen molar-refractivity contribution >= 4 is 5.96 Å². The fraction of sp³-hybridized carbons (Fsp3) is 0.240. The van der Waals surface area contributed by atoms with Gasteiger partial charge in [-0.15, -0.1) is 0 Å². The first-order valence-electron chi connectivity index (χ1n) is 10.00. The molecule has 3 nitrogen and oxygen atoms in total. The lowest BCUT2D eigenvalue weighted by molar-refractivity contribution is 0.394. The van der Waals surface area contributed by atoms with Gasteiger partial charge in [0, 0.05) is 19.6 Å². The van der Waals surface area contributed by atoms with E-state index in [1.165, 1.54) is 16.7 Å². The molecule has 0 radical (unpaired) electrons. The standard InChI is InChI=1S/C25H29N3/c1-2-18-28(21-24-16-10-5-11-17-24)25(26-19-22-12-6-3-7-13-22)27-20-23-14-8-4-9-15-23/h3-17H,2,18-21H2,1H3,(H,26,27). The number of nitrogens with one attached hydrogen (secondary N) is 1. The van der Waals surface area contributed by atoms with Crippen molar-refractivity contribution in [3.63, 3.8) is 0 Å². The van der Waals surface area contributed by atoms with Gasteiger partial charge in [-0.1, -0.05) is 97.9 Å². The fourth-order valence-electron chi connectivity index (χ4n) is 3.13. The molecule has 3 heteroatoms. The van der Waals surface area contributed by atoms with Gasteiger partial charge in [-0.3, -0.25) is 0 Å². The van der Waals surface area contributed by atoms with Crippen molar-refractivity contribution in [2.24, 2.45) is 4.99 Å². The van der Waals surface area contributed by atoms with Crippen LogP contribution in [0.25, 0.3) is 0 Å². The van der Waals surface area contributed by atoms with Crippen LogP contribution in [-0.4, -0.2) is 17.4 Å². The molecule has 0 heterocycles. The van der Waals surface area contributed by atoms with E-state index in [0.717, 1.165) is 32.0 Å². The predicted octanol–water partition coefficient (Wildman–Crippen LogP) is 5.24. The van der Waals surface area contributed by atoms with Crippen molar-refractivity contribution in [3.05, 3.63) is 108 Å². The summed E-state index contributed by atoms with van der Waals surface area (Å²) in [5.41, 5.74) is 3.77. The van der Waals surface area contributed by atoms with Crippen LogP contribution in [0.15, 0.2) is 96.0 Å². The van der Waals surface area contributed by atoms with Crippen molar-refractivity contribution < 1.29 is 0 Å². The number of aliphatic imine (C=N–C) groups is 1. The average molecular weight is 372 g/mol. The minimum atomic E-state index is 0.674. The van der Waals surface area contributed by atoms with Gasteiger partial charge < -0.3 is 10.2 Å². The molecule has 0 bridgehead atoms. The SMILES string of the molecule is CCCN(Cc1ccccc1)C(=NCc1ccccc1)NCc1ccccc1. The molecule has 28 heavy (non-hydrogen) atoms. The molecular formula is C25H29N3. The molecule has 0 aromatic heterocycles. The fourth-order valence-corrected chi connectivity index (χ4v) is 3.13. The quantitative estimate of drug-likeness (QED) is 0.433. The minimum Gasteiger partial charge on any atom is -0.352 e. The molecule has 3 rings (SSSR count). The van der Waals surface area contributed by atoms with Crippen molar-refractivity contribution in [3.8, 4) is 0 Å². The molecule has 0 fully saturated rings. The smallest absolute Gasteiger partial charge is 0.194 e. The highest BCUT2D eigenvalue weighted by molar-refractivity contribution is 5.80. The van der Waals surface area contributed by atoms with Crippen LogP contribution in [0.2, 0.25) is 0 Å². The Balaban J connectivity index is 1.78. The number of hydrogen-bond acceptors (Lipinski definition) is 1. The summed E-state index contributed by atoms with van der Waals surface area (Å²) in [4.78, 5) is 7.30. The van der Waals surface area contributed by atoms with Gasteiger partial charge in [0.25, 0.3) is 0 Å². The third-order valence-corrected chi connectivity index (χ3v) is 4.56. The van der Waals surface area contributed by atoms with Crippen LogP contribution < -0.4 is 5.32 Å². The second-order valence-electron chi connectivity index (χ2n) is 6.87. The Morgan fingerprint density at radius 2 is 1.29 bits per heavy atom. The normalized spacial score (nSPS) is 11.2. The maximum Gasteiger partial charge on any atom is 0.194 e. The van der Waals surface area contributed by atoms with Crippen molar-refractivity contribution in [2.45, 2.75) is 33.0 Å². The highest BCUT2D eigenvalue weighted by Crippen LogP contribution is 2.08. The molecule has 0 unspecified atom stereocenters. The summed E-state index contributed by atoms with van der Waals surface area (Å²) >= 11 is 0. The van der Waals surface area contributed by atoms with Crippen LogP contribution >= 0.6 is 0 Å². The maximum absolute atomic E-state index is 4.96. The third kappa shape index (κ3) is 6.27. The predicted molar refractivity (Wildman–Crippen MR) is 118 cm³/mol. The lowest BCUT2D eigenvalue weighted by Gasteiger charge is -2.27. The van der Waals surface area contributed by atoms with Gasteiger partial charge >= 0.3 is 0 Å². The first-order chi connectivity index (χ1) is 13.8. The monoisotopic (exact) mass is 371 g/mol. The van der Waals surface area contributed by atoms with E-state index >= 15 is 0 Å². The summed E-state index contributed by atoms with van der Waals surface area (Å²) in [5, 5.41) is 3.59. The van der Waals surface area contributed by atoms with Crippen LogP contribution in [0.4, 0.5) is 0 Å². The molecule has 0 aliphatic heterocycles. The highest BCUT2D eigenvalue weighted by Gasteiger charge is 2.11. The topological polar surface area (TPSA) is 27.6 Å². The molecule has 0 amide bonds. The Kier molecular flexibility index (Phi) is 7.68. The summed E-state index contributed by atoms with van der Waals surface area (Å²) in [7, 11) is 0. The van der Waals surface area contributed by atoms with Gasteiger partial charge in [0.1, 0.15) is 0 Å². The molecule has 1 N–H and O–H groups in total. The van der Waals surface area contributed by atoms with Crippen LogP contribution in [0.1, 0.15) is 30.0 Å². The summed E-state index contributed by atoms with van der Waals surface area (Å²) in [6.07, 6.45) is 1.07. The van der Waals surface area contributed by atoms with E-state index in [4.69, 9.17) is 4.99 Å². The third-order valence-electron chi connectivity index (χ3n) is 4.56. The number of benzene rings is 3. The highest BCUT2D eigenvalue weighted by atomic mass is 15.3. The molecule has 3 aromatic rings.